The average molecular weight is 223 g/mol. The van der Waals surface area contributed by atoms with E-state index in [1.165, 1.54) is 6.07 Å². The van der Waals surface area contributed by atoms with Gasteiger partial charge in [0.2, 0.25) is 0 Å². The van der Waals surface area contributed by atoms with Crippen LogP contribution in [0.3, 0.4) is 0 Å². The van der Waals surface area contributed by atoms with E-state index < -0.39 is 4.92 Å². The third-order valence-corrected chi connectivity index (χ3v) is 2.56. The summed E-state index contributed by atoms with van der Waals surface area (Å²) in [6, 6.07) is 4.74. The molecule has 1 aliphatic heterocycles. The fraction of sp³-hybridized carbons (Fsp3) is 0.222. The Hall–Kier alpha value is -1.69. The first-order chi connectivity index (χ1) is 7.16. The van der Waals surface area contributed by atoms with Crippen molar-refractivity contribution in [2.24, 2.45) is 0 Å². The standard InChI is InChI=1S/C9H9N3O2S/c13-12(14)7-2-3-8-6(5-7)1-4-9(15)11-10-8/h2-3,5,10H,1,4H2,(H,11,15). The van der Waals surface area contributed by atoms with Crippen LogP contribution in [0.2, 0.25) is 0 Å². The van der Waals surface area contributed by atoms with Crippen molar-refractivity contribution in [2.75, 3.05) is 5.43 Å². The van der Waals surface area contributed by atoms with Crippen LogP contribution in [0.1, 0.15) is 12.0 Å². The van der Waals surface area contributed by atoms with E-state index in [-0.39, 0.29) is 5.69 Å². The molecule has 1 aromatic rings. The Balaban J connectivity index is 2.36. The van der Waals surface area contributed by atoms with E-state index >= 15 is 0 Å². The average Bonchev–Trinajstić information content (AvgIpc) is 2.40. The van der Waals surface area contributed by atoms with Gasteiger partial charge < -0.3 is 5.43 Å². The first-order valence-electron chi connectivity index (χ1n) is 4.49. The quantitative estimate of drug-likeness (QED) is 0.431. The highest BCUT2D eigenvalue weighted by Crippen LogP contribution is 2.24. The van der Waals surface area contributed by atoms with Crippen molar-refractivity contribution < 1.29 is 4.92 Å². The normalized spacial score (nSPS) is 14.5. The minimum absolute atomic E-state index is 0.114. The first-order valence-corrected chi connectivity index (χ1v) is 4.90. The second kappa shape index (κ2) is 3.82. The Kier molecular flexibility index (Phi) is 2.51. The fourth-order valence-corrected chi connectivity index (χ4v) is 1.62. The SMILES string of the molecule is O=[N+]([O-])c1ccc2c(c1)CCC(=S)NN2. The summed E-state index contributed by atoms with van der Waals surface area (Å²) >= 11 is 5.02. The number of benzene rings is 1. The van der Waals surface area contributed by atoms with Crippen LogP contribution < -0.4 is 10.9 Å². The van der Waals surface area contributed by atoms with E-state index in [1.54, 1.807) is 12.1 Å². The van der Waals surface area contributed by atoms with Crippen LogP contribution in [0.5, 0.6) is 0 Å². The zero-order chi connectivity index (χ0) is 10.8. The molecule has 5 nitrogen and oxygen atoms in total. The van der Waals surface area contributed by atoms with Gasteiger partial charge in [0.15, 0.2) is 0 Å². The molecule has 0 aromatic heterocycles. The molecule has 0 spiro atoms. The number of nitro benzene ring substituents is 1. The molecule has 0 saturated carbocycles. The minimum Gasteiger partial charge on any atom is -0.300 e. The van der Waals surface area contributed by atoms with Gasteiger partial charge in [0.1, 0.15) is 0 Å². The molecular weight excluding hydrogens is 214 g/mol. The van der Waals surface area contributed by atoms with Crippen molar-refractivity contribution in [1.29, 1.82) is 0 Å². The second-order valence-electron chi connectivity index (χ2n) is 3.27. The lowest BCUT2D eigenvalue weighted by atomic mass is 10.1. The lowest BCUT2D eigenvalue weighted by Crippen LogP contribution is -2.25. The second-order valence-corrected chi connectivity index (χ2v) is 3.76. The molecule has 0 radical (unpaired) electrons. The van der Waals surface area contributed by atoms with Crippen LogP contribution in [0.25, 0.3) is 0 Å². The maximum atomic E-state index is 10.6. The summed E-state index contributed by atoms with van der Waals surface area (Å²) in [7, 11) is 0. The third-order valence-electron chi connectivity index (χ3n) is 2.26. The van der Waals surface area contributed by atoms with Gasteiger partial charge in [-0.3, -0.25) is 15.5 Å². The molecule has 6 heteroatoms. The number of hydrogen-bond acceptors (Lipinski definition) is 4. The highest BCUT2D eigenvalue weighted by atomic mass is 32.1. The molecule has 0 fully saturated rings. The van der Waals surface area contributed by atoms with Crippen molar-refractivity contribution in [3.63, 3.8) is 0 Å². The van der Waals surface area contributed by atoms with E-state index in [1.807, 2.05) is 0 Å². The van der Waals surface area contributed by atoms with Crippen molar-refractivity contribution in [3.05, 3.63) is 33.9 Å². The van der Waals surface area contributed by atoms with Crippen molar-refractivity contribution in [2.45, 2.75) is 12.8 Å². The molecule has 15 heavy (non-hydrogen) atoms. The molecule has 0 amide bonds. The number of fused-ring (bicyclic) bond motifs is 1. The Labute approximate surface area is 91.6 Å². The molecule has 2 N–H and O–H groups in total. The number of nitrogens with zero attached hydrogens (tertiary/aromatic N) is 1. The predicted molar refractivity (Wildman–Crippen MR) is 60.8 cm³/mol. The Morgan fingerprint density at radius 2 is 2.13 bits per heavy atom. The lowest BCUT2D eigenvalue weighted by molar-refractivity contribution is -0.384. The number of aryl methyl sites for hydroxylation is 1. The summed E-state index contributed by atoms with van der Waals surface area (Å²) in [6.45, 7) is 0. The molecular formula is C9H9N3O2S. The highest BCUT2D eigenvalue weighted by Gasteiger charge is 2.13. The summed E-state index contributed by atoms with van der Waals surface area (Å²) in [6.07, 6.45) is 1.42. The molecule has 0 saturated heterocycles. The number of hydrogen-bond donors (Lipinski definition) is 2. The van der Waals surface area contributed by atoms with E-state index in [9.17, 15) is 10.1 Å². The Morgan fingerprint density at radius 3 is 2.87 bits per heavy atom. The van der Waals surface area contributed by atoms with Gasteiger partial charge in [-0.2, -0.15) is 0 Å². The zero-order valence-electron chi connectivity index (χ0n) is 7.82. The molecule has 0 atom stereocenters. The van der Waals surface area contributed by atoms with E-state index in [4.69, 9.17) is 12.2 Å². The largest absolute Gasteiger partial charge is 0.300 e. The third kappa shape index (κ3) is 2.04. The lowest BCUT2D eigenvalue weighted by Gasteiger charge is -2.07. The van der Waals surface area contributed by atoms with Crippen LogP contribution >= 0.6 is 12.2 Å². The van der Waals surface area contributed by atoms with Crippen LogP contribution in [0.15, 0.2) is 18.2 Å². The maximum Gasteiger partial charge on any atom is 0.269 e. The summed E-state index contributed by atoms with van der Waals surface area (Å²) in [5.41, 5.74) is 7.66. The van der Waals surface area contributed by atoms with E-state index in [0.717, 1.165) is 17.7 Å². The number of thiocarbonyl (C=S) groups is 1. The number of rotatable bonds is 1. The summed E-state index contributed by atoms with van der Waals surface area (Å²) in [5.74, 6) is 0. The maximum absolute atomic E-state index is 10.6. The molecule has 0 bridgehead atoms. The molecule has 78 valence electrons. The topological polar surface area (TPSA) is 67.2 Å². The Bertz CT molecular complexity index is 433. The fourth-order valence-electron chi connectivity index (χ4n) is 1.47. The molecule has 1 aromatic carbocycles. The number of nitrogens with one attached hydrogen (secondary N) is 2. The Morgan fingerprint density at radius 1 is 1.33 bits per heavy atom. The summed E-state index contributed by atoms with van der Waals surface area (Å²) < 4.78 is 0. The van der Waals surface area contributed by atoms with Gasteiger partial charge >= 0.3 is 0 Å². The number of non-ortho nitro benzene ring substituents is 1. The van der Waals surface area contributed by atoms with Crippen LogP contribution in [0, 0.1) is 10.1 Å². The van der Waals surface area contributed by atoms with Crippen molar-refractivity contribution >= 4 is 28.6 Å². The van der Waals surface area contributed by atoms with E-state index in [2.05, 4.69) is 10.9 Å². The monoisotopic (exact) mass is 223 g/mol. The van der Waals surface area contributed by atoms with Crippen LogP contribution in [0.4, 0.5) is 11.4 Å². The van der Waals surface area contributed by atoms with E-state index in [0.29, 0.717) is 11.4 Å². The van der Waals surface area contributed by atoms with Crippen molar-refractivity contribution in [3.8, 4) is 0 Å². The minimum atomic E-state index is -0.392. The number of nitro groups is 1. The molecule has 0 unspecified atom stereocenters. The van der Waals surface area contributed by atoms with Gasteiger partial charge in [0.25, 0.3) is 5.69 Å². The zero-order valence-corrected chi connectivity index (χ0v) is 8.63. The molecule has 1 heterocycles. The van der Waals surface area contributed by atoms with Crippen LogP contribution in [-0.2, 0) is 6.42 Å². The molecule has 1 aliphatic rings. The van der Waals surface area contributed by atoms with Gasteiger partial charge in [-0.15, -0.1) is 0 Å². The molecule has 2 rings (SSSR count). The van der Waals surface area contributed by atoms with Gasteiger partial charge in [-0.1, -0.05) is 12.2 Å². The first kappa shape index (κ1) is 9.85. The summed E-state index contributed by atoms with van der Waals surface area (Å²) in [5, 5.41) is 10.6. The number of hydrazine groups is 1. The van der Waals surface area contributed by atoms with Crippen molar-refractivity contribution in [1.82, 2.24) is 5.43 Å². The predicted octanol–water partition coefficient (Wildman–Crippen LogP) is 1.78. The highest BCUT2D eigenvalue weighted by molar-refractivity contribution is 7.80. The molecule has 0 aliphatic carbocycles. The van der Waals surface area contributed by atoms with Gasteiger partial charge in [-0.05, 0) is 18.1 Å². The van der Waals surface area contributed by atoms with Gasteiger partial charge in [0, 0.05) is 18.6 Å². The van der Waals surface area contributed by atoms with Gasteiger partial charge in [0.05, 0.1) is 15.6 Å². The number of anilines is 1. The van der Waals surface area contributed by atoms with Crippen LogP contribution in [-0.4, -0.2) is 9.91 Å². The summed E-state index contributed by atoms with van der Waals surface area (Å²) in [4.78, 5) is 10.9. The smallest absolute Gasteiger partial charge is 0.269 e. The van der Waals surface area contributed by atoms with Gasteiger partial charge in [-0.25, -0.2) is 0 Å².